The van der Waals surface area contributed by atoms with E-state index in [4.69, 9.17) is 10.8 Å². The number of aliphatic carboxylic acids is 1. The molecule has 0 saturated heterocycles. The molecule has 16 heavy (non-hydrogen) atoms. The molecular formula is C8H16N2O5S. The van der Waals surface area contributed by atoms with Crippen LogP contribution in [0, 0.1) is 0 Å². The van der Waals surface area contributed by atoms with Crippen LogP contribution in [-0.2, 0) is 19.4 Å². The van der Waals surface area contributed by atoms with E-state index < -0.39 is 21.7 Å². The molecule has 0 aromatic carbocycles. The Labute approximate surface area is 94.1 Å². The maximum absolute atomic E-state index is 10.8. The van der Waals surface area contributed by atoms with Gasteiger partial charge in [0.15, 0.2) is 0 Å². The van der Waals surface area contributed by atoms with Gasteiger partial charge in [-0.25, -0.2) is 8.42 Å². The molecule has 0 bridgehead atoms. The Bertz CT molecular complexity index is 335. The standard InChI is InChI=1S/C8H16N2O5S/c1-16(14,15)4-2-3-10(5-7(9)11)6-8(12)13/h2-6H2,1H3,(H2,9,11)(H,12,13). The van der Waals surface area contributed by atoms with Gasteiger partial charge in [0.2, 0.25) is 5.91 Å². The van der Waals surface area contributed by atoms with Crippen LogP contribution in [0.1, 0.15) is 6.42 Å². The Kier molecular flexibility index (Phi) is 5.97. The number of primary amides is 1. The molecule has 0 spiro atoms. The van der Waals surface area contributed by atoms with E-state index >= 15 is 0 Å². The highest BCUT2D eigenvalue weighted by molar-refractivity contribution is 7.90. The van der Waals surface area contributed by atoms with E-state index in [2.05, 4.69) is 0 Å². The second-order valence-electron chi connectivity index (χ2n) is 3.55. The maximum atomic E-state index is 10.8. The first-order valence-corrected chi connectivity index (χ1v) is 6.67. The summed E-state index contributed by atoms with van der Waals surface area (Å²) in [5, 5.41) is 8.54. The molecule has 1 amide bonds. The van der Waals surface area contributed by atoms with Crippen molar-refractivity contribution in [2.75, 3.05) is 31.6 Å². The summed E-state index contributed by atoms with van der Waals surface area (Å²) in [7, 11) is -3.07. The summed E-state index contributed by atoms with van der Waals surface area (Å²) < 4.78 is 21.7. The van der Waals surface area contributed by atoms with Gasteiger partial charge in [-0.15, -0.1) is 0 Å². The van der Waals surface area contributed by atoms with Gasteiger partial charge in [-0.2, -0.15) is 0 Å². The molecule has 7 nitrogen and oxygen atoms in total. The number of hydrogen-bond donors (Lipinski definition) is 2. The SMILES string of the molecule is CS(=O)(=O)CCCN(CC(N)=O)CC(=O)O. The van der Waals surface area contributed by atoms with Gasteiger partial charge in [-0.05, 0) is 6.42 Å². The maximum Gasteiger partial charge on any atom is 0.317 e. The van der Waals surface area contributed by atoms with Crippen molar-refractivity contribution in [3.8, 4) is 0 Å². The van der Waals surface area contributed by atoms with Crippen LogP contribution in [0.2, 0.25) is 0 Å². The highest BCUT2D eigenvalue weighted by Gasteiger charge is 2.13. The van der Waals surface area contributed by atoms with E-state index in [0.717, 1.165) is 6.26 Å². The largest absolute Gasteiger partial charge is 0.480 e. The number of sulfone groups is 1. The van der Waals surface area contributed by atoms with Crippen LogP contribution in [0.5, 0.6) is 0 Å². The zero-order chi connectivity index (χ0) is 12.8. The van der Waals surface area contributed by atoms with Gasteiger partial charge in [0, 0.05) is 12.8 Å². The van der Waals surface area contributed by atoms with Crippen LogP contribution in [0.15, 0.2) is 0 Å². The van der Waals surface area contributed by atoms with Crippen molar-refractivity contribution in [2.45, 2.75) is 6.42 Å². The van der Waals surface area contributed by atoms with Crippen molar-refractivity contribution < 1.29 is 23.1 Å². The molecule has 0 aromatic heterocycles. The molecule has 8 heteroatoms. The van der Waals surface area contributed by atoms with Crippen molar-refractivity contribution in [1.82, 2.24) is 4.90 Å². The fourth-order valence-electron chi connectivity index (χ4n) is 1.18. The summed E-state index contributed by atoms with van der Waals surface area (Å²) in [6.07, 6.45) is 1.38. The molecular weight excluding hydrogens is 236 g/mol. The molecule has 0 aliphatic carbocycles. The minimum atomic E-state index is -3.07. The van der Waals surface area contributed by atoms with E-state index in [1.807, 2.05) is 0 Å². The van der Waals surface area contributed by atoms with E-state index in [1.54, 1.807) is 0 Å². The summed E-state index contributed by atoms with van der Waals surface area (Å²) in [6, 6.07) is 0. The van der Waals surface area contributed by atoms with Gasteiger partial charge >= 0.3 is 5.97 Å². The normalized spacial score (nSPS) is 11.6. The lowest BCUT2D eigenvalue weighted by Gasteiger charge is -2.17. The second kappa shape index (κ2) is 6.44. The summed E-state index contributed by atoms with van der Waals surface area (Å²) in [6.45, 7) is -0.301. The molecule has 0 atom stereocenters. The average molecular weight is 252 g/mol. The average Bonchev–Trinajstić information content (AvgIpc) is 1.98. The van der Waals surface area contributed by atoms with E-state index in [-0.39, 0.29) is 31.8 Å². The number of hydrogen-bond acceptors (Lipinski definition) is 5. The topological polar surface area (TPSA) is 118 Å². The summed E-state index contributed by atoms with van der Waals surface area (Å²) in [5.74, 6) is -1.76. The van der Waals surface area contributed by atoms with Crippen LogP contribution in [0.4, 0.5) is 0 Å². The minimum absolute atomic E-state index is 0.0398. The molecule has 3 N–H and O–H groups in total. The number of carbonyl (C=O) groups excluding carboxylic acids is 1. The van der Waals surface area contributed by atoms with Crippen LogP contribution < -0.4 is 5.73 Å². The molecule has 0 radical (unpaired) electrons. The smallest absolute Gasteiger partial charge is 0.317 e. The lowest BCUT2D eigenvalue weighted by atomic mass is 10.4. The fraction of sp³-hybridized carbons (Fsp3) is 0.750. The van der Waals surface area contributed by atoms with Crippen LogP contribution >= 0.6 is 0 Å². The lowest BCUT2D eigenvalue weighted by Crippen LogP contribution is -2.38. The number of carbonyl (C=O) groups is 2. The van der Waals surface area contributed by atoms with Crippen molar-refractivity contribution >= 4 is 21.7 Å². The van der Waals surface area contributed by atoms with E-state index in [1.165, 1.54) is 4.90 Å². The van der Waals surface area contributed by atoms with Gasteiger partial charge in [-0.1, -0.05) is 0 Å². The Hall–Kier alpha value is -1.15. The predicted molar refractivity (Wildman–Crippen MR) is 57.6 cm³/mol. The van der Waals surface area contributed by atoms with Crippen molar-refractivity contribution in [3.63, 3.8) is 0 Å². The van der Waals surface area contributed by atoms with Gasteiger partial charge in [0.05, 0.1) is 18.8 Å². The number of nitrogens with zero attached hydrogens (tertiary/aromatic N) is 1. The van der Waals surface area contributed by atoms with Crippen molar-refractivity contribution in [1.29, 1.82) is 0 Å². The molecule has 0 rings (SSSR count). The highest BCUT2D eigenvalue weighted by atomic mass is 32.2. The summed E-state index contributed by atoms with van der Waals surface area (Å²) >= 11 is 0. The van der Waals surface area contributed by atoms with Crippen LogP contribution in [0.25, 0.3) is 0 Å². The Morgan fingerprint density at radius 1 is 1.31 bits per heavy atom. The van der Waals surface area contributed by atoms with E-state index in [0.29, 0.717) is 0 Å². The number of carboxylic acids is 1. The first-order chi connectivity index (χ1) is 7.20. The molecule has 0 fully saturated rings. The van der Waals surface area contributed by atoms with Crippen LogP contribution in [0.3, 0.4) is 0 Å². The van der Waals surface area contributed by atoms with Crippen molar-refractivity contribution in [2.24, 2.45) is 5.73 Å². The van der Waals surface area contributed by atoms with Crippen molar-refractivity contribution in [3.05, 3.63) is 0 Å². The number of rotatable bonds is 8. The molecule has 0 heterocycles. The zero-order valence-electron chi connectivity index (χ0n) is 9.05. The number of nitrogens with two attached hydrogens (primary N) is 1. The minimum Gasteiger partial charge on any atom is -0.480 e. The highest BCUT2D eigenvalue weighted by Crippen LogP contribution is 1.95. The van der Waals surface area contributed by atoms with Gasteiger partial charge in [0.25, 0.3) is 0 Å². The third-order valence-electron chi connectivity index (χ3n) is 1.73. The molecule has 0 unspecified atom stereocenters. The molecule has 94 valence electrons. The Morgan fingerprint density at radius 2 is 1.88 bits per heavy atom. The monoisotopic (exact) mass is 252 g/mol. The molecule has 0 aromatic rings. The van der Waals surface area contributed by atoms with Gasteiger partial charge in [-0.3, -0.25) is 14.5 Å². The Morgan fingerprint density at radius 3 is 2.25 bits per heavy atom. The lowest BCUT2D eigenvalue weighted by molar-refractivity contribution is -0.138. The Balaban J connectivity index is 4.11. The fourth-order valence-corrected chi connectivity index (χ4v) is 1.83. The first-order valence-electron chi connectivity index (χ1n) is 4.61. The van der Waals surface area contributed by atoms with E-state index in [9.17, 15) is 18.0 Å². The van der Waals surface area contributed by atoms with Crippen LogP contribution in [-0.4, -0.2) is 61.9 Å². The number of amides is 1. The molecule has 0 saturated carbocycles. The van der Waals surface area contributed by atoms with Gasteiger partial charge < -0.3 is 10.8 Å². The first kappa shape index (κ1) is 14.8. The second-order valence-corrected chi connectivity index (χ2v) is 5.81. The molecule has 0 aliphatic heterocycles. The van der Waals surface area contributed by atoms with Gasteiger partial charge in [0.1, 0.15) is 9.84 Å². The number of carboxylic acid groups (broad SMARTS) is 1. The third kappa shape index (κ3) is 9.41. The third-order valence-corrected chi connectivity index (χ3v) is 2.76. The zero-order valence-corrected chi connectivity index (χ0v) is 9.87. The predicted octanol–water partition coefficient (Wildman–Crippen LogP) is -1.71. The molecule has 0 aliphatic rings. The quantitative estimate of drug-likeness (QED) is 0.531. The summed E-state index contributed by atoms with van der Waals surface area (Å²) in [5.41, 5.74) is 4.93. The summed E-state index contributed by atoms with van der Waals surface area (Å²) in [4.78, 5) is 22.4.